The molecule has 3 rings (SSSR count). The molecule has 27 heavy (non-hydrogen) atoms. The van der Waals surface area contributed by atoms with E-state index in [1.165, 1.54) is 10.6 Å². The highest BCUT2D eigenvalue weighted by molar-refractivity contribution is 9.10. The van der Waals surface area contributed by atoms with Crippen molar-refractivity contribution in [2.75, 3.05) is 12.4 Å². The maximum Gasteiger partial charge on any atom is 0.250 e. The molecule has 0 unspecified atom stereocenters. The van der Waals surface area contributed by atoms with E-state index in [-0.39, 0.29) is 24.4 Å². The summed E-state index contributed by atoms with van der Waals surface area (Å²) in [6, 6.07) is 10.7. The fourth-order valence-electron chi connectivity index (χ4n) is 2.74. The lowest BCUT2D eigenvalue weighted by molar-refractivity contribution is -0.116. The Bertz CT molecular complexity index is 1030. The van der Waals surface area contributed by atoms with Crippen LogP contribution < -0.4 is 15.6 Å². The minimum absolute atomic E-state index is 0.153. The molecule has 1 aromatic carbocycles. The van der Waals surface area contributed by atoms with Gasteiger partial charge in [-0.15, -0.1) is 0 Å². The van der Waals surface area contributed by atoms with Crippen LogP contribution in [0.25, 0.3) is 11.1 Å². The molecule has 1 amide bonds. The van der Waals surface area contributed by atoms with Crippen LogP contribution in [0.15, 0.2) is 51.9 Å². The van der Waals surface area contributed by atoms with E-state index < -0.39 is 0 Å². The zero-order valence-corrected chi connectivity index (χ0v) is 16.5. The van der Waals surface area contributed by atoms with E-state index in [2.05, 4.69) is 31.4 Å². The number of aryl methyl sites for hydroxylation is 2. The van der Waals surface area contributed by atoms with Crippen molar-refractivity contribution in [3.8, 4) is 16.9 Å². The monoisotopic (exact) mass is 430 g/mol. The molecular formula is C19H19BrN4O3. The molecule has 0 spiro atoms. The van der Waals surface area contributed by atoms with Gasteiger partial charge in [0.05, 0.1) is 7.11 Å². The molecule has 0 radical (unpaired) electrons. The number of aromatic nitrogens is 3. The zero-order valence-electron chi connectivity index (χ0n) is 15.0. The smallest absolute Gasteiger partial charge is 0.250 e. The number of hydrogen-bond acceptors (Lipinski definition) is 4. The van der Waals surface area contributed by atoms with Crippen molar-refractivity contribution in [3.05, 3.63) is 63.1 Å². The van der Waals surface area contributed by atoms with Gasteiger partial charge in [-0.2, -0.15) is 5.10 Å². The predicted molar refractivity (Wildman–Crippen MR) is 107 cm³/mol. The van der Waals surface area contributed by atoms with Gasteiger partial charge in [0.15, 0.2) is 5.82 Å². The minimum Gasteiger partial charge on any atom is -0.497 e. The Kier molecular flexibility index (Phi) is 5.75. The molecule has 2 heterocycles. The van der Waals surface area contributed by atoms with Gasteiger partial charge in [0.25, 0.3) is 5.56 Å². The van der Waals surface area contributed by atoms with Crippen molar-refractivity contribution >= 4 is 27.7 Å². The van der Waals surface area contributed by atoms with Gasteiger partial charge in [0.2, 0.25) is 5.91 Å². The fraction of sp³-hybridized carbons (Fsp3) is 0.211. The van der Waals surface area contributed by atoms with E-state index in [1.54, 1.807) is 19.4 Å². The van der Waals surface area contributed by atoms with Gasteiger partial charge in [-0.3, -0.25) is 14.7 Å². The van der Waals surface area contributed by atoms with Gasteiger partial charge < -0.3 is 14.6 Å². The molecule has 0 saturated carbocycles. The highest BCUT2D eigenvalue weighted by Crippen LogP contribution is 2.31. The predicted octanol–water partition coefficient (Wildman–Crippen LogP) is 3.35. The van der Waals surface area contributed by atoms with Crippen LogP contribution >= 0.6 is 15.9 Å². The molecule has 3 aromatic rings. The number of pyridine rings is 1. The first kappa shape index (κ1) is 18.9. The van der Waals surface area contributed by atoms with Crippen molar-refractivity contribution in [2.45, 2.75) is 19.9 Å². The summed E-state index contributed by atoms with van der Waals surface area (Å²) in [4.78, 5) is 24.2. The molecular weight excluding hydrogens is 412 g/mol. The number of H-pyrrole nitrogens is 1. The van der Waals surface area contributed by atoms with Gasteiger partial charge in [-0.05, 0) is 46.6 Å². The number of amides is 1. The third kappa shape index (κ3) is 4.46. The first-order chi connectivity index (χ1) is 13.0. The second-order valence-electron chi connectivity index (χ2n) is 5.98. The summed E-state index contributed by atoms with van der Waals surface area (Å²) in [5.41, 5.74) is 2.38. The van der Waals surface area contributed by atoms with Gasteiger partial charge >= 0.3 is 0 Å². The number of methoxy groups -OCH3 is 1. The summed E-state index contributed by atoms with van der Waals surface area (Å²) in [5.74, 6) is 0.948. The van der Waals surface area contributed by atoms with Crippen LogP contribution in [0.2, 0.25) is 0 Å². The maximum absolute atomic E-state index is 12.4. The van der Waals surface area contributed by atoms with E-state index in [1.807, 2.05) is 31.2 Å². The second kappa shape index (κ2) is 8.22. The molecule has 0 bridgehead atoms. The lowest BCUT2D eigenvalue weighted by Crippen LogP contribution is -2.22. The lowest BCUT2D eigenvalue weighted by atomic mass is 10.1. The summed E-state index contributed by atoms with van der Waals surface area (Å²) in [6.45, 7) is 2.17. The average Bonchev–Trinajstić information content (AvgIpc) is 3.02. The summed E-state index contributed by atoms with van der Waals surface area (Å²) in [6.07, 6.45) is 1.82. The quantitative estimate of drug-likeness (QED) is 0.627. The fourth-order valence-corrected chi connectivity index (χ4v) is 3.12. The Morgan fingerprint density at radius 3 is 2.93 bits per heavy atom. The van der Waals surface area contributed by atoms with Crippen LogP contribution in [0.5, 0.6) is 5.75 Å². The number of hydrogen-bond donors (Lipinski definition) is 2. The highest BCUT2D eigenvalue weighted by atomic mass is 79.9. The topological polar surface area (TPSA) is 89.0 Å². The summed E-state index contributed by atoms with van der Waals surface area (Å²) in [5, 5.41) is 9.92. The van der Waals surface area contributed by atoms with Crippen LogP contribution in [0, 0.1) is 6.92 Å². The van der Waals surface area contributed by atoms with Crippen LogP contribution in [-0.4, -0.2) is 27.8 Å². The van der Waals surface area contributed by atoms with Gasteiger partial charge in [0.1, 0.15) is 5.75 Å². The molecule has 0 aliphatic heterocycles. The second-order valence-corrected chi connectivity index (χ2v) is 6.90. The summed E-state index contributed by atoms with van der Waals surface area (Å²) < 4.78 is 7.54. The van der Waals surface area contributed by atoms with Crippen LogP contribution in [0.1, 0.15) is 12.1 Å². The number of nitrogens with one attached hydrogen (secondary N) is 2. The molecule has 0 aliphatic rings. The van der Waals surface area contributed by atoms with Gasteiger partial charge in [0, 0.05) is 41.0 Å². The van der Waals surface area contributed by atoms with Crippen molar-refractivity contribution in [1.82, 2.24) is 14.8 Å². The first-order valence-corrected chi connectivity index (χ1v) is 9.12. The van der Waals surface area contributed by atoms with E-state index >= 15 is 0 Å². The van der Waals surface area contributed by atoms with E-state index in [9.17, 15) is 9.59 Å². The Balaban J connectivity index is 1.75. The van der Waals surface area contributed by atoms with Gasteiger partial charge in [-0.25, -0.2) is 0 Å². The third-order valence-corrected chi connectivity index (χ3v) is 4.56. The standard InChI is InChI=1S/C19H19BrN4O3/c1-12-18(13-4-3-5-15(10-13)27-2)19(23-22-12)21-16(25)8-9-24-11-14(20)6-7-17(24)26/h3-7,10-11H,8-9H2,1-2H3,(H2,21,22,23,25). The number of carbonyl (C=O) groups is 1. The molecule has 0 fully saturated rings. The number of benzene rings is 1. The zero-order chi connectivity index (χ0) is 19.4. The van der Waals surface area contributed by atoms with E-state index in [4.69, 9.17) is 4.74 Å². The number of halogens is 1. The van der Waals surface area contributed by atoms with Crippen molar-refractivity contribution in [1.29, 1.82) is 0 Å². The first-order valence-electron chi connectivity index (χ1n) is 8.33. The Morgan fingerprint density at radius 2 is 2.15 bits per heavy atom. The third-order valence-electron chi connectivity index (χ3n) is 4.09. The Hall–Kier alpha value is -2.87. The lowest BCUT2D eigenvalue weighted by Gasteiger charge is -2.09. The van der Waals surface area contributed by atoms with E-state index in [0.29, 0.717) is 5.82 Å². The SMILES string of the molecule is COc1cccc(-c2c(NC(=O)CCn3cc(Br)ccc3=O)n[nH]c2C)c1. The molecule has 7 nitrogen and oxygen atoms in total. The summed E-state index contributed by atoms with van der Waals surface area (Å²) in [7, 11) is 1.61. The number of anilines is 1. The number of ether oxygens (including phenoxy) is 1. The number of aromatic amines is 1. The van der Waals surface area contributed by atoms with Crippen LogP contribution in [0.4, 0.5) is 5.82 Å². The molecule has 140 valence electrons. The Morgan fingerprint density at radius 1 is 1.33 bits per heavy atom. The minimum atomic E-state index is -0.225. The Labute approximate surface area is 164 Å². The van der Waals surface area contributed by atoms with Crippen molar-refractivity contribution < 1.29 is 9.53 Å². The molecule has 8 heteroatoms. The molecule has 0 atom stereocenters. The average molecular weight is 431 g/mol. The van der Waals surface area contributed by atoms with Crippen molar-refractivity contribution in [2.24, 2.45) is 0 Å². The molecule has 0 aliphatic carbocycles. The molecule has 0 saturated heterocycles. The highest BCUT2D eigenvalue weighted by Gasteiger charge is 2.15. The van der Waals surface area contributed by atoms with Crippen LogP contribution in [-0.2, 0) is 11.3 Å². The van der Waals surface area contributed by atoms with Crippen LogP contribution in [0.3, 0.4) is 0 Å². The van der Waals surface area contributed by atoms with Gasteiger partial charge in [-0.1, -0.05) is 12.1 Å². The largest absolute Gasteiger partial charge is 0.497 e. The summed E-state index contributed by atoms with van der Waals surface area (Å²) >= 11 is 3.32. The normalized spacial score (nSPS) is 10.6. The van der Waals surface area contributed by atoms with E-state index in [0.717, 1.165) is 27.0 Å². The number of carbonyl (C=O) groups excluding carboxylic acids is 1. The van der Waals surface area contributed by atoms with Crippen molar-refractivity contribution in [3.63, 3.8) is 0 Å². The number of nitrogens with zero attached hydrogens (tertiary/aromatic N) is 2. The molecule has 2 N–H and O–H groups in total. The maximum atomic E-state index is 12.4. The number of rotatable bonds is 6. The molecule has 2 aromatic heterocycles.